The molecule has 0 aliphatic heterocycles. The van der Waals surface area contributed by atoms with Crippen LogP contribution in [0.15, 0.2) is 24.3 Å². The number of esters is 3. The molecular weight excluding hydrogens is 949 g/mol. The normalized spacial score (nSPS) is 12.1. The summed E-state index contributed by atoms with van der Waals surface area (Å²) in [7, 11) is 0. The third kappa shape index (κ3) is 64.6. The molecule has 77 heavy (non-hydrogen) atoms. The van der Waals surface area contributed by atoms with Crippen LogP contribution in [-0.4, -0.2) is 37.2 Å². The Bertz CT molecular complexity index is 1240. The molecule has 0 aromatic heterocycles. The van der Waals surface area contributed by atoms with Gasteiger partial charge in [-0.25, -0.2) is 0 Å². The van der Waals surface area contributed by atoms with Crippen LogP contribution in [0.4, 0.5) is 0 Å². The first-order chi connectivity index (χ1) is 38.0. The van der Waals surface area contributed by atoms with E-state index in [0.29, 0.717) is 19.3 Å². The number of allylic oxidation sites excluding steroid dienone is 4. The molecule has 0 fully saturated rings. The maximum absolute atomic E-state index is 12.9. The Hall–Kier alpha value is -2.11. The molecule has 0 N–H and O–H groups in total. The molecule has 0 spiro atoms. The Morgan fingerprint density at radius 3 is 0.753 bits per heavy atom. The van der Waals surface area contributed by atoms with Crippen LogP contribution in [-0.2, 0) is 28.6 Å². The van der Waals surface area contributed by atoms with Crippen molar-refractivity contribution in [2.75, 3.05) is 13.2 Å². The Morgan fingerprint density at radius 2 is 0.481 bits per heavy atom. The van der Waals surface area contributed by atoms with Crippen LogP contribution in [0.1, 0.15) is 393 Å². The zero-order chi connectivity index (χ0) is 55.7. The molecule has 0 heterocycles. The first-order valence-electron chi connectivity index (χ1n) is 34.8. The largest absolute Gasteiger partial charge is 0.462 e. The molecule has 0 bridgehead atoms. The Balaban J connectivity index is 4.20. The fourth-order valence-electron chi connectivity index (χ4n) is 10.7. The van der Waals surface area contributed by atoms with Crippen molar-refractivity contribution in [1.29, 1.82) is 0 Å². The van der Waals surface area contributed by atoms with E-state index in [1.54, 1.807) is 0 Å². The van der Waals surface area contributed by atoms with E-state index >= 15 is 0 Å². The van der Waals surface area contributed by atoms with Gasteiger partial charge >= 0.3 is 17.9 Å². The lowest BCUT2D eigenvalue weighted by Crippen LogP contribution is -2.30. The van der Waals surface area contributed by atoms with Crippen molar-refractivity contribution in [3.8, 4) is 0 Å². The average molecular weight is 1080 g/mol. The highest BCUT2D eigenvalue weighted by atomic mass is 16.6. The summed E-state index contributed by atoms with van der Waals surface area (Å²) in [5.41, 5.74) is 0. The molecule has 6 heteroatoms. The summed E-state index contributed by atoms with van der Waals surface area (Å²) in [5.74, 6) is -0.853. The van der Waals surface area contributed by atoms with Crippen molar-refractivity contribution in [1.82, 2.24) is 0 Å². The molecule has 0 aliphatic carbocycles. The molecule has 1 atom stereocenters. The number of hydrogen-bond acceptors (Lipinski definition) is 6. The molecule has 1 unspecified atom stereocenters. The number of unbranched alkanes of at least 4 members (excludes halogenated alkanes) is 50. The van der Waals surface area contributed by atoms with Gasteiger partial charge in [0.15, 0.2) is 6.10 Å². The highest BCUT2D eigenvalue weighted by Gasteiger charge is 2.19. The SMILES string of the molecule is CCCC/C=C\C/C=C\CCCCCCCC(=O)OCC(COC(=O)CCCCCCCCCCCCCCCCCCCCCCCCCCCCC)OC(=O)CCCCCCCCCCCCCCCCCCCC. The summed E-state index contributed by atoms with van der Waals surface area (Å²) in [6.07, 6.45) is 80.7. The molecule has 0 aliphatic rings. The van der Waals surface area contributed by atoms with E-state index in [1.807, 2.05) is 0 Å². The van der Waals surface area contributed by atoms with Gasteiger partial charge in [0.2, 0.25) is 0 Å². The maximum atomic E-state index is 12.9. The van der Waals surface area contributed by atoms with Gasteiger partial charge in [0.1, 0.15) is 13.2 Å². The van der Waals surface area contributed by atoms with E-state index < -0.39 is 6.10 Å². The van der Waals surface area contributed by atoms with Crippen molar-refractivity contribution in [2.45, 2.75) is 399 Å². The fraction of sp³-hybridized carbons (Fsp3) is 0.901. The van der Waals surface area contributed by atoms with E-state index in [2.05, 4.69) is 45.1 Å². The van der Waals surface area contributed by atoms with Gasteiger partial charge < -0.3 is 14.2 Å². The molecular formula is C71H134O6. The lowest BCUT2D eigenvalue weighted by Gasteiger charge is -2.18. The number of carbonyl (C=O) groups is 3. The van der Waals surface area contributed by atoms with Crippen molar-refractivity contribution in [3.63, 3.8) is 0 Å². The second-order valence-corrected chi connectivity index (χ2v) is 23.8. The zero-order valence-corrected chi connectivity index (χ0v) is 52.3. The van der Waals surface area contributed by atoms with E-state index in [9.17, 15) is 14.4 Å². The standard InChI is InChI=1S/C71H134O6/c1-4-7-10-13-16-19-22-25-28-30-32-33-34-35-36-37-38-39-40-42-43-46-49-52-55-58-61-64-70(73)76-67-68(66-75-69(72)63-60-57-54-51-48-45-27-24-21-18-15-12-9-6-3)77-71(74)65-62-59-56-53-50-47-44-41-31-29-26-23-20-17-14-11-8-5-2/h15,18,24,27,68H,4-14,16-17,19-23,25-26,28-67H2,1-3H3/b18-15-,27-24-. The maximum Gasteiger partial charge on any atom is 0.306 e. The predicted molar refractivity (Wildman–Crippen MR) is 335 cm³/mol. The van der Waals surface area contributed by atoms with Crippen LogP contribution in [0.5, 0.6) is 0 Å². The molecule has 6 nitrogen and oxygen atoms in total. The first-order valence-corrected chi connectivity index (χ1v) is 34.8. The number of ether oxygens (including phenoxy) is 3. The molecule has 0 amide bonds. The third-order valence-electron chi connectivity index (χ3n) is 16.0. The lowest BCUT2D eigenvalue weighted by molar-refractivity contribution is -0.167. The molecule has 0 saturated heterocycles. The summed E-state index contributed by atoms with van der Waals surface area (Å²) < 4.78 is 17.0. The summed E-state index contributed by atoms with van der Waals surface area (Å²) in [4.78, 5) is 38.4. The van der Waals surface area contributed by atoms with Crippen LogP contribution in [0.3, 0.4) is 0 Å². The van der Waals surface area contributed by atoms with Gasteiger partial charge in [-0.2, -0.15) is 0 Å². The smallest absolute Gasteiger partial charge is 0.306 e. The van der Waals surface area contributed by atoms with Crippen molar-refractivity contribution < 1.29 is 28.6 Å². The minimum absolute atomic E-state index is 0.0694. The summed E-state index contributed by atoms with van der Waals surface area (Å²) in [6.45, 7) is 6.67. The predicted octanol–water partition coefficient (Wildman–Crippen LogP) is 23.8. The van der Waals surface area contributed by atoms with Crippen LogP contribution >= 0.6 is 0 Å². The first kappa shape index (κ1) is 74.9. The van der Waals surface area contributed by atoms with E-state index in [0.717, 1.165) is 77.0 Å². The monoisotopic (exact) mass is 1080 g/mol. The van der Waals surface area contributed by atoms with Crippen molar-refractivity contribution in [3.05, 3.63) is 24.3 Å². The molecule has 0 aromatic carbocycles. The van der Waals surface area contributed by atoms with Gasteiger partial charge in [-0.1, -0.05) is 353 Å². The molecule has 0 aromatic rings. The van der Waals surface area contributed by atoms with Gasteiger partial charge in [0, 0.05) is 19.3 Å². The Morgan fingerprint density at radius 1 is 0.260 bits per heavy atom. The number of rotatable bonds is 65. The summed E-state index contributed by atoms with van der Waals surface area (Å²) in [5, 5.41) is 0. The van der Waals surface area contributed by atoms with Crippen LogP contribution < -0.4 is 0 Å². The van der Waals surface area contributed by atoms with Crippen LogP contribution in [0.2, 0.25) is 0 Å². The van der Waals surface area contributed by atoms with Gasteiger partial charge in [-0.05, 0) is 44.9 Å². The van der Waals surface area contributed by atoms with Crippen molar-refractivity contribution >= 4 is 17.9 Å². The van der Waals surface area contributed by atoms with Crippen LogP contribution in [0.25, 0.3) is 0 Å². The van der Waals surface area contributed by atoms with Gasteiger partial charge in [0.25, 0.3) is 0 Å². The Kier molecular flexibility index (Phi) is 64.6. The Labute approximate surface area is 481 Å². The quantitative estimate of drug-likeness (QED) is 0.0261. The number of carbonyl (C=O) groups excluding carboxylic acids is 3. The molecule has 0 rings (SSSR count). The molecule has 0 radical (unpaired) electrons. The average Bonchev–Trinajstić information content (AvgIpc) is 3.43. The second-order valence-electron chi connectivity index (χ2n) is 23.8. The summed E-state index contributed by atoms with van der Waals surface area (Å²) >= 11 is 0. The van der Waals surface area contributed by atoms with E-state index in [-0.39, 0.29) is 31.1 Å². The number of hydrogen-bond donors (Lipinski definition) is 0. The minimum Gasteiger partial charge on any atom is -0.462 e. The van der Waals surface area contributed by atoms with E-state index in [4.69, 9.17) is 14.2 Å². The minimum atomic E-state index is -0.773. The van der Waals surface area contributed by atoms with Crippen molar-refractivity contribution in [2.24, 2.45) is 0 Å². The molecule has 0 saturated carbocycles. The van der Waals surface area contributed by atoms with Gasteiger partial charge in [-0.15, -0.1) is 0 Å². The lowest BCUT2D eigenvalue weighted by atomic mass is 10.0. The van der Waals surface area contributed by atoms with Crippen LogP contribution in [0, 0.1) is 0 Å². The second kappa shape index (κ2) is 66.4. The van der Waals surface area contributed by atoms with Gasteiger partial charge in [-0.3, -0.25) is 14.4 Å². The highest BCUT2D eigenvalue weighted by Crippen LogP contribution is 2.19. The highest BCUT2D eigenvalue weighted by molar-refractivity contribution is 5.71. The van der Waals surface area contributed by atoms with Gasteiger partial charge in [0.05, 0.1) is 0 Å². The topological polar surface area (TPSA) is 78.9 Å². The fourth-order valence-corrected chi connectivity index (χ4v) is 10.7. The molecule has 454 valence electrons. The third-order valence-corrected chi connectivity index (χ3v) is 16.0. The summed E-state index contributed by atoms with van der Waals surface area (Å²) in [6, 6.07) is 0. The zero-order valence-electron chi connectivity index (χ0n) is 52.3. The van der Waals surface area contributed by atoms with E-state index in [1.165, 1.54) is 276 Å².